The Morgan fingerprint density at radius 1 is 1.30 bits per heavy atom. The standard InChI is InChI=1S/C18H26N2/c1-14(2)10-12-20-13-16(9-11-19-15(3)4)17-7-5-6-8-18(17)20/h5-8,13,15,19H,1,9-12H2,2-4H3. The fourth-order valence-electron chi connectivity index (χ4n) is 2.51. The molecule has 0 aliphatic carbocycles. The maximum Gasteiger partial charge on any atom is 0.0483 e. The van der Waals surface area contributed by atoms with Crippen LogP contribution in [0.1, 0.15) is 32.8 Å². The van der Waals surface area contributed by atoms with Gasteiger partial charge in [0.15, 0.2) is 0 Å². The molecule has 0 amide bonds. The first-order chi connectivity index (χ1) is 9.58. The Labute approximate surface area is 122 Å². The Balaban J connectivity index is 2.19. The number of allylic oxidation sites excluding steroid dienone is 1. The molecule has 1 aromatic heterocycles. The van der Waals surface area contributed by atoms with Crippen molar-refractivity contribution in [2.45, 2.75) is 46.2 Å². The first kappa shape index (κ1) is 14.9. The second-order valence-electron chi connectivity index (χ2n) is 5.93. The van der Waals surface area contributed by atoms with Crippen LogP contribution in [-0.4, -0.2) is 17.2 Å². The Morgan fingerprint density at radius 2 is 2.05 bits per heavy atom. The summed E-state index contributed by atoms with van der Waals surface area (Å²) in [7, 11) is 0. The van der Waals surface area contributed by atoms with E-state index in [0.717, 1.165) is 25.9 Å². The lowest BCUT2D eigenvalue weighted by molar-refractivity contribution is 0.590. The Hall–Kier alpha value is -1.54. The molecular formula is C18H26N2. The van der Waals surface area contributed by atoms with Crippen LogP contribution in [0, 0.1) is 0 Å². The van der Waals surface area contributed by atoms with Gasteiger partial charge in [-0.15, -0.1) is 6.58 Å². The second-order valence-corrected chi connectivity index (χ2v) is 5.93. The molecular weight excluding hydrogens is 244 g/mol. The smallest absolute Gasteiger partial charge is 0.0483 e. The topological polar surface area (TPSA) is 17.0 Å². The van der Waals surface area contributed by atoms with Crippen LogP contribution >= 0.6 is 0 Å². The van der Waals surface area contributed by atoms with Gasteiger partial charge in [0.2, 0.25) is 0 Å². The van der Waals surface area contributed by atoms with Gasteiger partial charge in [0.25, 0.3) is 0 Å². The molecule has 0 atom stereocenters. The molecule has 1 N–H and O–H groups in total. The number of rotatable bonds is 7. The second kappa shape index (κ2) is 6.76. The highest BCUT2D eigenvalue weighted by Crippen LogP contribution is 2.22. The summed E-state index contributed by atoms with van der Waals surface area (Å²) in [6.45, 7) is 12.5. The predicted octanol–water partition coefficient (Wildman–Crippen LogP) is 4.15. The molecule has 0 fully saturated rings. The molecule has 0 unspecified atom stereocenters. The zero-order valence-corrected chi connectivity index (χ0v) is 12.9. The molecule has 0 aliphatic rings. The fourth-order valence-corrected chi connectivity index (χ4v) is 2.51. The van der Waals surface area contributed by atoms with Gasteiger partial charge < -0.3 is 9.88 Å². The van der Waals surface area contributed by atoms with E-state index in [0.29, 0.717) is 6.04 Å². The summed E-state index contributed by atoms with van der Waals surface area (Å²) in [5, 5.41) is 4.88. The molecule has 2 heteroatoms. The molecule has 0 saturated heterocycles. The number of aryl methyl sites for hydroxylation is 1. The Morgan fingerprint density at radius 3 is 2.75 bits per heavy atom. The zero-order valence-electron chi connectivity index (χ0n) is 12.9. The molecule has 2 nitrogen and oxygen atoms in total. The molecule has 0 spiro atoms. The number of nitrogens with zero attached hydrogens (tertiary/aromatic N) is 1. The van der Waals surface area contributed by atoms with Gasteiger partial charge in [0.05, 0.1) is 0 Å². The average Bonchev–Trinajstić information content (AvgIpc) is 2.75. The van der Waals surface area contributed by atoms with Crippen LogP contribution in [0.3, 0.4) is 0 Å². The van der Waals surface area contributed by atoms with Gasteiger partial charge in [-0.1, -0.05) is 37.6 Å². The SMILES string of the molecule is C=C(C)CCn1cc(CCNC(C)C)c2ccccc21. The first-order valence-corrected chi connectivity index (χ1v) is 7.52. The minimum Gasteiger partial charge on any atom is -0.347 e. The van der Waals surface area contributed by atoms with Crippen LogP contribution in [0.25, 0.3) is 10.9 Å². The number of nitrogens with one attached hydrogen (secondary N) is 1. The van der Waals surface area contributed by atoms with E-state index in [1.165, 1.54) is 22.0 Å². The fraction of sp³-hybridized carbons (Fsp3) is 0.444. The largest absolute Gasteiger partial charge is 0.347 e. The highest BCUT2D eigenvalue weighted by molar-refractivity contribution is 5.84. The lowest BCUT2D eigenvalue weighted by atomic mass is 10.1. The van der Waals surface area contributed by atoms with Crippen LogP contribution in [0.5, 0.6) is 0 Å². The van der Waals surface area contributed by atoms with Crippen molar-refractivity contribution in [3.63, 3.8) is 0 Å². The molecule has 0 saturated carbocycles. The Bertz CT molecular complexity index is 578. The van der Waals surface area contributed by atoms with Crippen molar-refractivity contribution in [2.75, 3.05) is 6.54 Å². The molecule has 1 heterocycles. The van der Waals surface area contributed by atoms with Crippen LogP contribution in [0.15, 0.2) is 42.6 Å². The highest BCUT2D eigenvalue weighted by Gasteiger charge is 2.07. The zero-order chi connectivity index (χ0) is 14.5. The third-order valence-electron chi connectivity index (χ3n) is 3.60. The maximum absolute atomic E-state index is 4.00. The van der Waals surface area contributed by atoms with Crippen LogP contribution in [-0.2, 0) is 13.0 Å². The molecule has 0 aliphatic heterocycles. The molecule has 0 radical (unpaired) electrons. The number of hydrogen-bond acceptors (Lipinski definition) is 1. The van der Waals surface area contributed by atoms with Crippen molar-refractivity contribution in [2.24, 2.45) is 0 Å². The summed E-state index contributed by atoms with van der Waals surface area (Å²) >= 11 is 0. The number of para-hydroxylation sites is 1. The van der Waals surface area contributed by atoms with E-state index in [9.17, 15) is 0 Å². The number of fused-ring (bicyclic) bond motifs is 1. The Kier molecular flexibility index (Phi) is 5.02. The summed E-state index contributed by atoms with van der Waals surface area (Å²) in [5.74, 6) is 0. The van der Waals surface area contributed by atoms with E-state index in [2.05, 4.69) is 67.7 Å². The van der Waals surface area contributed by atoms with E-state index in [1.54, 1.807) is 0 Å². The van der Waals surface area contributed by atoms with Crippen LogP contribution in [0.4, 0.5) is 0 Å². The lowest BCUT2D eigenvalue weighted by Crippen LogP contribution is -2.24. The molecule has 20 heavy (non-hydrogen) atoms. The normalized spacial score (nSPS) is 11.4. The van der Waals surface area contributed by atoms with E-state index in [1.807, 2.05) is 0 Å². The summed E-state index contributed by atoms with van der Waals surface area (Å²) in [6.07, 6.45) is 4.44. The maximum atomic E-state index is 4.00. The number of hydrogen-bond donors (Lipinski definition) is 1. The third kappa shape index (κ3) is 3.73. The summed E-state index contributed by atoms with van der Waals surface area (Å²) in [4.78, 5) is 0. The lowest BCUT2D eigenvalue weighted by Gasteiger charge is -2.06. The molecule has 2 rings (SSSR count). The van der Waals surface area contributed by atoms with E-state index < -0.39 is 0 Å². The minimum absolute atomic E-state index is 0.548. The van der Waals surface area contributed by atoms with E-state index in [4.69, 9.17) is 0 Å². The van der Waals surface area contributed by atoms with Gasteiger partial charge in [-0.05, 0) is 37.9 Å². The van der Waals surface area contributed by atoms with Gasteiger partial charge >= 0.3 is 0 Å². The van der Waals surface area contributed by atoms with Crippen molar-refractivity contribution in [3.05, 3.63) is 48.2 Å². The van der Waals surface area contributed by atoms with E-state index >= 15 is 0 Å². The van der Waals surface area contributed by atoms with Crippen molar-refractivity contribution < 1.29 is 0 Å². The summed E-state index contributed by atoms with van der Waals surface area (Å²) in [6, 6.07) is 9.25. The third-order valence-corrected chi connectivity index (χ3v) is 3.60. The predicted molar refractivity (Wildman–Crippen MR) is 88.2 cm³/mol. The van der Waals surface area contributed by atoms with Gasteiger partial charge in [0, 0.05) is 29.7 Å². The number of aromatic nitrogens is 1. The number of benzene rings is 1. The quantitative estimate of drug-likeness (QED) is 0.748. The van der Waals surface area contributed by atoms with Crippen molar-refractivity contribution in [1.82, 2.24) is 9.88 Å². The highest BCUT2D eigenvalue weighted by atomic mass is 15.0. The van der Waals surface area contributed by atoms with Crippen LogP contribution < -0.4 is 5.32 Å². The van der Waals surface area contributed by atoms with Gasteiger partial charge in [-0.3, -0.25) is 0 Å². The molecule has 108 valence electrons. The molecule has 0 bridgehead atoms. The monoisotopic (exact) mass is 270 g/mol. The van der Waals surface area contributed by atoms with Crippen molar-refractivity contribution in [3.8, 4) is 0 Å². The molecule has 2 aromatic rings. The average molecular weight is 270 g/mol. The van der Waals surface area contributed by atoms with Crippen LogP contribution in [0.2, 0.25) is 0 Å². The summed E-state index contributed by atoms with van der Waals surface area (Å²) < 4.78 is 2.37. The minimum atomic E-state index is 0.548. The van der Waals surface area contributed by atoms with Gasteiger partial charge in [0.1, 0.15) is 0 Å². The van der Waals surface area contributed by atoms with E-state index in [-0.39, 0.29) is 0 Å². The summed E-state index contributed by atoms with van der Waals surface area (Å²) in [5.41, 5.74) is 4.02. The van der Waals surface area contributed by atoms with Crippen molar-refractivity contribution in [1.29, 1.82) is 0 Å². The van der Waals surface area contributed by atoms with Crippen molar-refractivity contribution >= 4 is 10.9 Å². The first-order valence-electron chi connectivity index (χ1n) is 7.52. The van der Waals surface area contributed by atoms with Gasteiger partial charge in [-0.25, -0.2) is 0 Å². The van der Waals surface area contributed by atoms with Gasteiger partial charge in [-0.2, -0.15) is 0 Å². The molecule has 1 aromatic carbocycles.